The minimum absolute atomic E-state index is 0.108. The fourth-order valence-electron chi connectivity index (χ4n) is 3.50. The van der Waals surface area contributed by atoms with E-state index in [2.05, 4.69) is 4.98 Å². The summed E-state index contributed by atoms with van der Waals surface area (Å²) in [4.78, 5) is 33.1. The molecule has 3 heterocycles. The molecule has 1 aromatic carbocycles. The first-order chi connectivity index (χ1) is 13.9. The molecule has 1 aliphatic rings. The Bertz CT molecular complexity index is 1130. The molecule has 2 aromatic heterocycles. The van der Waals surface area contributed by atoms with Gasteiger partial charge in [0, 0.05) is 10.4 Å². The van der Waals surface area contributed by atoms with Crippen molar-refractivity contribution >= 4 is 34.4 Å². The number of rotatable bonds is 5. The lowest BCUT2D eigenvalue weighted by molar-refractivity contribution is -0.130. The maximum atomic E-state index is 14.7. The van der Waals surface area contributed by atoms with Crippen LogP contribution in [0.15, 0.2) is 53.1 Å². The van der Waals surface area contributed by atoms with E-state index in [1.54, 1.807) is 26.0 Å². The lowest BCUT2D eigenvalue weighted by Gasteiger charge is -2.26. The van der Waals surface area contributed by atoms with Gasteiger partial charge >= 0.3 is 0 Å². The Balaban J connectivity index is 1.85. The first-order valence-electron chi connectivity index (χ1n) is 8.88. The highest BCUT2D eigenvalue weighted by Crippen LogP contribution is 2.42. The number of thiazole rings is 1. The summed E-state index contributed by atoms with van der Waals surface area (Å²) in [7, 11) is 0. The smallest absolute Gasteiger partial charge is 0.290 e. The molecule has 29 heavy (non-hydrogen) atoms. The Kier molecular flexibility index (Phi) is 5.06. The monoisotopic (exact) mass is 428 g/mol. The van der Waals surface area contributed by atoms with E-state index in [1.807, 2.05) is 17.5 Å². The van der Waals surface area contributed by atoms with Gasteiger partial charge in [-0.1, -0.05) is 24.3 Å². The Morgan fingerprint density at radius 3 is 2.62 bits per heavy atom. The molecular formula is C21H17FN2O3S2. The van der Waals surface area contributed by atoms with Crippen LogP contribution in [0.3, 0.4) is 0 Å². The minimum Gasteiger partial charge on any atom is -0.503 e. The number of halogens is 1. The normalized spacial score (nSPS) is 16.7. The van der Waals surface area contributed by atoms with Crippen molar-refractivity contribution in [3.63, 3.8) is 0 Å². The molecular weight excluding hydrogens is 411 g/mol. The maximum absolute atomic E-state index is 14.7. The number of nitrogens with zero attached hydrogens (tertiary/aromatic N) is 2. The van der Waals surface area contributed by atoms with Crippen LogP contribution in [0.25, 0.3) is 0 Å². The first kappa shape index (κ1) is 19.5. The van der Waals surface area contributed by atoms with Gasteiger partial charge in [0.15, 0.2) is 5.76 Å². The van der Waals surface area contributed by atoms with Crippen LogP contribution in [0.4, 0.5) is 4.39 Å². The average molecular weight is 429 g/mol. The molecule has 148 valence electrons. The molecule has 4 rings (SSSR count). The number of carbonyl (C=O) groups is 2. The molecule has 0 radical (unpaired) electrons. The fraction of sp³-hybridized carbons (Fsp3) is 0.190. The molecule has 1 unspecified atom stereocenters. The van der Waals surface area contributed by atoms with E-state index in [-0.39, 0.29) is 17.7 Å². The molecule has 1 N–H and O–H groups in total. The van der Waals surface area contributed by atoms with Crippen LogP contribution < -0.4 is 0 Å². The number of Topliss-reactive ketones (excluding diaryl/α,β-unsaturated/α-hetero) is 1. The summed E-state index contributed by atoms with van der Waals surface area (Å²) in [6, 6.07) is 8.69. The maximum Gasteiger partial charge on any atom is 0.290 e. The van der Waals surface area contributed by atoms with E-state index in [9.17, 15) is 19.1 Å². The van der Waals surface area contributed by atoms with E-state index in [0.29, 0.717) is 15.6 Å². The van der Waals surface area contributed by atoms with Gasteiger partial charge in [0.25, 0.3) is 5.91 Å². The molecule has 0 fully saturated rings. The zero-order chi connectivity index (χ0) is 20.7. The van der Waals surface area contributed by atoms with Crippen molar-refractivity contribution < 1.29 is 19.1 Å². The summed E-state index contributed by atoms with van der Waals surface area (Å²) in [5, 5.41) is 13.2. The average Bonchev–Trinajstić information content (AvgIpc) is 3.37. The van der Waals surface area contributed by atoms with Crippen LogP contribution in [0.1, 0.15) is 36.9 Å². The Hall–Kier alpha value is -2.84. The summed E-state index contributed by atoms with van der Waals surface area (Å²) >= 11 is 2.64. The molecule has 3 aromatic rings. The van der Waals surface area contributed by atoms with Gasteiger partial charge in [-0.3, -0.25) is 9.59 Å². The van der Waals surface area contributed by atoms with Crippen molar-refractivity contribution in [3.8, 4) is 0 Å². The molecule has 5 nitrogen and oxygen atoms in total. The third-order valence-corrected chi connectivity index (χ3v) is 6.70. The lowest BCUT2D eigenvalue weighted by Crippen LogP contribution is -2.31. The van der Waals surface area contributed by atoms with E-state index in [0.717, 1.165) is 4.88 Å². The number of hydrogen-bond donors (Lipinski definition) is 1. The van der Waals surface area contributed by atoms with Gasteiger partial charge < -0.3 is 10.0 Å². The van der Waals surface area contributed by atoms with E-state index in [4.69, 9.17) is 0 Å². The van der Waals surface area contributed by atoms with Crippen molar-refractivity contribution in [1.82, 2.24) is 9.88 Å². The second-order valence-corrected chi connectivity index (χ2v) is 8.91. The largest absolute Gasteiger partial charge is 0.503 e. The zero-order valence-corrected chi connectivity index (χ0v) is 17.3. The highest BCUT2D eigenvalue weighted by Gasteiger charge is 2.45. The molecule has 0 aliphatic carbocycles. The topological polar surface area (TPSA) is 70.5 Å². The van der Waals surface area contributed by atoms with Crippen molar-refractivity contribution in [2.75, 3.05) is 0 Å². The molecule has 0 bridgehead atoms. The zero-order valence-electron chi connectivity index (χ0n) is 15.7. The number of benzene rings is 1. The van der Waals surface area contributed by atoms with Gasteiger partial charge in [-0.25, -0.2) is 9.37 Å². The van der Waals surface area contributed by atoms with E-state index in [1.165, 1.54) is 39.7 Å². The summed E-state index contributed by atoms with van der Waals surface area (Å²) in [5.74, 6) is -2.36. The van der Waals surface area contributed by atoms with E-state index < -0.39 is 29.3 Å². The highest BCUT2D eigenvalue weighted by atomic mass is 32.1. The molecule has 0 saturated heterocycles. The molecule has 0 saturated carbocycles. The third kappa shape index (κ3) is 3.38. The fourth-order valence-corrected chi connectivity index (χ4v) is 5.08. The van der Waals surface area contributed by atoms with Gasteiger partial charge in [0.05, 0.1) is 33.7 Å². The first-order valence-corrected chi connectivity index (χ1v) is 10.6. The third-order valence-electron chi connectivity index (χ3n) is 4.76. The number of hydrogen-bond acceptors (Lipinski definition) is 6. The van der Waals surface area contributed by atoms with Crippen molar-refractivity contribution in [3.05, 3.63) is 84.9 Å². The van der Waals surface area contributed by atoms with E-state index >= 15 is 0 Å². The summed E-state index contributed by atoms with van der Waals surface area (Å²) in [5.41, 5.74) is 0.585. The molecule has 1 amide bonds. The van der Waals surface area contributed by atoms with Crippen LogP contribution in [-0.4, -0.2) is 26.7 Å². The number of aromatic nitrogens is 1. The van der Waals surface area contributed by atoms with Crippen LogP contribution in [-0.2, 0) is 11.3 Å². The summed E-state index contributed by atoms with van der Waals surface area (Å²) in [6.07, 6.45) is 0. The Labute approximate surface area is 174 Å². The molecule has 1 atom stereocenters. The van der Waals surface area contributed by atoms with Crippen molar-refractivity contribution in [1.29, 1.82) is 0 Å². The van der Waals surface area contributed by atoms with Crippen LogP contribution in [0.5, 0.6) is 0 Å². The van der Waals surface area contributed by atoms with Gasteiger partial charge in [-0.15, -0.1) is 22.7 Å². The van der Waals surface area contributed by atoms with Gasteiger partial charge in [0.2, 0.25) is 5.78 Å². The van der Waals surface area contributed by atoms with Gasteiger partial charge in [0.1, 0.15) is 5.82 Å². The number of aliphatic hydroxyl groups excluding tert-OH is 1. The number of carbonyl (C=O) groups excluding carboxylic acids is 2. The Morgan fingerprint density at radius 1 is 1.24 bits per heavy atom. The minimum atomic E-state index is -1.01. The number of ketones is 1. The number of thiophene rings is 1. The molecule has 0 spiro atoms. The molecule has 1 aliphatic heterocycles. The summed E-state index contributed by atoms with van der Waals surface area (Å²) < 4.78 is 14.7. The van der Waals surface area contributed by atoms with Gasteiger partial charge in [-0.05, 0) is 31.4 Å². The number of aryl methyl sites for hydroxylation is 2. The summed E-state index contributed by atoms with van der Waals surface area (Å²) in [6.45, 7) is 3.64. The van der Waals surface area contributed by atoms with Crippen molar-refractivity contribution in [2.24, 2.45) is 0 Å². The second-order valence-electron chi connectivity index (χ2n) is 6.68. The highest BCUT2D eigenvalue weighted by molar-refractivity contribution is 7.14. The lowest BCUT2D eigenvalue weighted by atomic mass is 9.94. The predicted molar refractivity (Wildman–Crippen MR) is 110 cm³/mol. The second kappa shape index (κ2) is 7.53. The van der Waals surface area contributed by atoms with Crippen molar-refractivity contribution in [2.45, 2.75) is 26.4 Å². The quantitative estimate of drug-likeness (QED) is 0.596. The SMILES string of the molecule is Cc1nc(C)c(C(=O)C2=C(O)C(=O)N(Cc3cccs3)C2c2ccccc2F)s1. The molecule has 8 heteroatoms. The predicted octanol–water partition coefficient (Wildman–Crippen LogP) is 4.74. The standard InChI is InChI=1S/C21H17FN2O3S2/c1-11-20(29-12(2)23-11)18(25)16-17(14-7-3-4-8-15(14)22)24(21(27)19(16)26)10-13-6-5-9-28-13/h3-9,17,26H,10H2,1-2H3. The van der Waals surface area contributed by atoms with Crippen LogP contribution >= 0.6 is 22.7 Å². The number of aliphatic hydroxyl groups is 1. The van der Waals surface area contributed by atoms with Crippen LogP contribution in [0, 0.1) is 19.7 Å². The van der Waals surface area contributed by atoms with Gasteiger partial charge in [-0.2, -0.15) is 0 Å². The van der Waals surface area contributed by atoms with Crippen LogP contribution in [0.2, 0.25) is 0 Å². The number of amides is 1. The Morgan fingerprint density at radius 2 is 2.00 bits per heavy atom.